The number of hydrogen-bond donors (Lipinski definition) is 1. The van der Waals surface area contributed by atoms with Gasteiger partial charge in [0.15, 0.2) is 0 Å². The maximum atomic E-state index is 9.25. The number of carbonyl (C=O) groups is 2. The molecule has 0 unspecified atom stereocenters. The van der Waals surface area contributed by atoms with Gasteiger partial charge in [0.2, 0.25) is 0 Å². The van der Waals surface area contributed by atoms with Gasteiger partial charge in [0.25, 0.3) is 0 Å². The number of aliphatic carboxylic acids is 1. The van der Waals surface area contributed by atoms with Gasteiger partial charge in [0, 0.05) is 6.08 Å². The van der Waals surface area contributed by atoms with Gasteiger partial charge in [-0.15, -0.1) is 0 Å². The van der Waals surface area contributed by atoms with Gasteiger partial charge in [-0.05, 0) is 0 Å². The summed E-state index contributed by atoms with van der Waals surface area (Å²) < 4.78 is 0. The summed E-state index contributed by atoms with van der Waals surface area (Å²) in [4.78, 5) is 17.2. The lowest BCUT2D eigenvalue weighted by Gasteiger charge is -1.64. The second-order valence-corrected chi connectivity index (χ2v) is 0.542. The lowest BCUT2D eigenvalue weighted by Crippen LogP contribution is -1.82. The highest BCUT2D eigenvalue weighted by molar-refractivity contribution is 5.78. The third-order valence-corrected chi connectivity index (χ3v) is 0.175. The highest BCUT2D eigenvalue weighted by Crippen LogP contribution is 1.54. The number of rotatable bonds is 1. The zero-order valence-corrected chi connectivity index (χ0v) is 3.76. The summed E-state index contributed by atoms with van der Waals surface area (Å²) in [6.45, 7) is 4.96. The van der Waals surface area contributed by atoms with Crippen LogP contribution in [0.4, 0.5) is 0 Å². The van der Waals surface area contributed by atoms with Crippen molar-refractivity contribution in [2.24, 2.45) is 0 Å². The molecule has 0 heterocycles. The number of carbonyl (C=O) groups excluding carboxylic acids is 1. The first kappa shape index (κ1) is 9.30. The molecule has 3 nitrogen and oxygen atoms in total. The first-order valence-corrected chi connectivity index (χ1v) is 1.41. The molecule has 40 valence electrons. The molecule has 7 heavy (non-hydrogen) atoms. The van der Waals surface area contributed by atoms with E-state index in [9.17, 15) is 4.79 Å². The fourth-order valence-corrected chi connectivity index (χ4v) is 0. The standard InChI is InChI=1S/C3H4O2.CH2O/c1-2-3(4)5;1-2/h2H,1H2,(H,4,5);1H2. The summed E-state index contributed by atoms with van der Waals surface area (Å²) in [6, 6.07) is 0. The van der Waals surface area contributed by atoms with Crippen LogP contribution in [-0.4, -0.2) is 17.9 Å². The van der Waals surface area contributed by atoms with E-state index in [1.165, 1.54) is 0 Å². The van der Waals surface area contributed by atoms with Crippen LogP contribution < -0.4 is 0 Å². The molecule has 3 heteroatoms. The van der Waals surface area contributed by atoms with Crippen molar-refractivity contribution in [3.8, 4) is 0 Å². The Labute approximate surface area is 41.3 Å². The van der Waals surface area contributed by atoms with Crippen LogP contribution >= 0.6 is 0 Å². The average Bonchev–Trinajstić information content (AvgIpc) is 1.73. The van der Waals surface area contributed by atoms with Gasteiger partial charge in [-0.2, -0.15) is 0 Å². The average molecular weight is 102 g/mol. The zero-order valence-electron chi connectivity index (χ0n) is 3.76. The fraction of sp³-hybridized carbons (Fsp3) is 0. The predicted molar refractivity (Wildman–Crippen MR) is 25.0 cm³/mol. The highest BCUT2D eigenvalue weighted by Gasteiger charge is 1.73. The molecule has 0 spiro atoms. The van der Waals surface area contributed by atoms with E-state index in [2.05, 4.69) is 6.58 Å². The summed E-state index contributed by atoms with van der Waals surface area (Å²) in [5.74, 6) is -0.981. The molecule has 0 bridgehead atoms. The lowest BCUT2D eigenvalue weighted by atomic mass is 10.7. The molecule has 0 aromatic rings. The molecule has 0 saturated heterocycles. The molecular formula is C4H6O3. The fourth-order valence-electron chi connectivity index (χ4n) is 0. The van der Waals surface area contributed by atoms with Crippen LogP contribution in [0.15, 0.2) is 12.7 Å². The van der Waals surface area contributed by atoms with Gasteiger partial charge in [-0.1, -0.05) is 6.58 Å². The second kappa shape index (κ2) is 8.86. The molecule has 1 N–H and O–H groups in total. The van der Waals surface area contributed by atoms with Crippen molar-refractivity contribution in [1.82, 2.24) is 0 Å². The second-order valence-electron chi connectivity index (χ2n) is 0.542. The molecule has 0 aliphatic rings. The van der Waals surface area contributed by atoms with Crippen molar-refractivity contribution in [2.45, 2.75) is 0 Å². The SMILES string of the molecule is C=CC(=O)O.C=O. The topological polar surface area (TPSA) is 54.4 Å². The summed E-state index contributed by atoms with van der Waals surface area (Å²) in [5.41, 5.74) is 0. The van der Waals surface area contributed by atoms with E-state index < -0.39 is 5.97 Å². The smallest absolute Gasteiger partial charge is 0.327 e. The van der Waals surface area contributed by atoms with E-state index in [1.54, 1.807) is 0 Å². The molecule has 0 amide bonds. The summed E-state index contributed by atoms with van der Waals surface area (Å²) >= 11 is 0. The Morgan fingerprint density at radius 2 is 1.71 bits per heavy atom. The molecule has 0 aromatic heterocycles. The number of hydrogen-bond acceptors (Lipinski definition) is 2. The van der Waals surface area contributed by atoms with Gasteiger partial charge >= 0.3 is 5.97 Å². The molecule has 0 rings (SSSR count). The molecule has 0 radical (unpaired) electrons. The number of carboxylic acids is 1. The quantitative estimate of drug-likeness (QED) is 0.477. The molecule has 0 atom stereocenters. The third kappa shape index (κ3) is 52.3. The van der Waals surface area contributed by atoms with Crippen LogP contribution in [0.5, 0.6) is 0 Å². The maximum Gasteiger partial charge on any atom is 0.327 e. The van der Waals surface area contributed by atoms with Crippen molar-refractivity contribution in [1.29, 1.82) is 0 Å². The Bertz CT molecular complexity index is 67.3. The molecule has 0 aliphatic carbocycles. The van der Waals surface area contributed by atoms with Crippen molar-refractivity contribution in [2.75, 3.05) is 0 Å². The van der Waals surface area contributed by atoms with Crippen LogP contribution in [0.25, 0.3) is 0 Å². The monoisotopic (exact) mass is 102 g/mol. The van der Waals surface area contributed by atoms with E-state index >= 15 is 0 Å². The van der Waals surface area contributed by atoms with Crippen LogP contribution in [0.2, 0.25) is 0 Å². The third-order valence-electron chi connectivity index (χ3n) is 0.175. The van der Waals surface area contributed by atoms with Gasteiger partial charge < -0.3 is 9.90 Å². The van der Waals surface area contributed by atoms with Crippen molar-refractivity contribution in [3.63, 3.8) is 0 Å². The van der Waals surface area contributed by atoms with E-state index in [1.807, 2.05) is 6.79 Å². The Morgan fingerprint density at radius 3 is 1.71 bits per heavy atom. The Morgan fingerprint density at radius 1 is 1.57 bits per heavy atom. The predicted octanol–water partition coefficient (Wildman–Crippen LogP) is 0.0721. The molecule has 0 aliphatic heterocycles. The molecular weight excluding hydrogens is 96.0 g/mol. The molecule has 0 fully saturated rings. The Balaban J connectivity index is 0. The summed E-state index contributed by atoms with van der Waals surface area (Å²) in [6.07, 6.45) is 0.833. The van der Waals surface area contributed by atoms with E-state index in [4.69, 9.17) is 9.90 Å². The first-order chi connectivity index (χ1) is 3.27. The summed E-state index contributed by atoms with van der Waals surface area (Å²) in [5, 5.41) is 7.60. The summed E-state index contributed by atoms with van der Waals surface area (Å²) in [7, 11) is 0. The van der Waals surface area contributed by atoms with Gasteiger partial charge in [-0.25, -0.2) is 4.79 Å². The zero-order chi connectivity index (χ0) is 6.28. The Hall–Kier alpha value is -1.12. The van der Waals surface area contributed by atoms with Gasteiger partial charge in [0.1, 0.15) is 6.79 Å². The Kier molecular flexibility index (Phi) is 11.8. The highest BCUT2D eigenvalue weighted by atomic mass is 16.4. The van der Waals surface area contributed by atoms with Crippen molar-refractivity contribution < 1.29 is 14.7 Å². The van der Waals surface area contributed by atoms with Crippen molar-refractivity contribution >= 4 is 12.8 Å². The number of carboxylic acid groups (broad SMARTS) is 1. The minimum atomic E-state index is -0.981. The van der Waals surface area contributed by atoms with Crippen LogP contribution in [0, 0.1) is 0 Å². The van der Waals surface area contributed by atoms with Gasteiger partial charge in [-0.3, -0.25) is 0 Å². The minimum Gasteiger partial charge on any atom is -0.478 e. The van der Waals surface area contributed by atoms with E-state index in [0.29, 0.717) is 0 Å². The first-order valence-electron chi connectivity index (χ1n) is 1.41. The van der Waals surface area contributed by atoms with E-state index in [-0.39, 0.29) is 0 Å². The molecule has 0 saturated carbocycles. The van der Waals surface area contributed by atoms with Crippen LogP contribution in [0.3, 0.4) is 0 Å². The van der Waals surface area contributed by atoms with Crippen molar-refractivity contribution in [3.05, 3.63) is 12.7 Å². The lowest BCUT2D eigenvalue weighted by molar-refractivity contribution is -0.131. The van der Waals surface area contributed by atoms with Gasteiger partial charge in [0.05, 0.1) is 0 Å². The minimum absolute atomic E-state index is 0.833. The maximum absolute atomic E-state index is 9.25. The van der Waals surface area contributed by atoms with Crippen LogP contribution in [0.1, 0.15) is 0 Å². The largest absolute Gasteiger partial charge is 0.478 e. The van der Waals surface area contributed by atoms with E-state index in [0.717, 1.165) is 6.08 Å². The molecule has 0 aromatic carbocycles. The normalized spacial score (nSPS) is 5.14. The van der Waals surface area contributed by atoms with Crippen LogP contribution in [-0.2, 0) is 9.59 Å².